The van der Waals surface area contributed by atoms with Gasteiger partial charge < -0.3 is 5.11 Å². The highest BCUT2D eigenvalue weighted by Crippen LogP contribution is 2.23. The van der Waals surface area contributed by atoms with E-state index in [0.29, 0.717) is 10.0 Å². The van der Waals surface area contributed by atoms with Crippen molar-refractivity contribution in [2.45, 2.75) is 6.92 Å². The normalized spacial score (nSPS) is 9.90. The summed E-state index contributed by atoms with van der Waals surface area (Å²) in [4.78, 5) is 0. The van der Waals surface area contributed by atoms with Gasteiger partial charge >= 0.3 is 0 Å². The van der Waals surface area contributed by atoms with Crippen LogP contribution in [-0.2, 0) is 0 Å². The lowest BCUT2D eigenvalue weighted by molar-refractivity contribution is 0.464. The molecule has 0 spiro atoms. The van der Waals surface area contributed by atoms with Crippen LogP contribution < -0.4 is 0 Å². The van der Waals surface area contributed by atoms with Crippen molar-refractivity contribution in [1.29, 1.82) is 0 Å². The van der Waals surface area contributed by atoms with Gasteiger partial charge in [0.05, 0.1) is 4.47 Å². The molecule has 10 heavy (non-hydrogen) atoms. The van der Waals surface area contributed by atoms with Crippen LogP contribution in [0.5, 0.6) is 5.75 Å². The maximum atomic E-state index is 12.6. The van der Waals surface area contributed by atoms with Gasteiger partial charge in [-0.3, -0.25) is 0 Å². The third-order valence-electron chi connectivity index (χ3n) is 1.24. The molecular weight excluding hydrogens is 199 g/mol. The largest absolute Gasteiger partial charge is 0.508 e. The predicted molar refractivity (Wildman–Crippen MR) is 40.5 cm³/mol. The van der Waals surface area contributed by atoms with Crippen molar-refractivity contribution in [2.75, 3.05) is 0 Å². The van der Waals surface area contributed by atoms with Crippen LogP contribution in [0.2, 0.25) is 0 Å². The first-order valence-corrected chi connectivity index (χ1v) is 3.55. The van der Waals surface area contributed by atoms with Crippen LogP contribution in [0.4, 0.5) is 4.39 Å². The van der Waals surface area contributed by atoms with Gasteiger partial charge in [-0.1, -0.05) is 0 Å². The molecule has 3 heteroatoms. The van der Waals surface area contributed by atoms with Crippen molar-refractivity contribution in [1.82, 2.24) is 0 Å². The Kier molecular flexibility index (Phi) is 1.94. The highest BCUT2D eigenvalue weighted by molar-refractivity contribution is 9.10. The molecule has 1 nitrogen and oxygen atoms in total. The number of hydrogen-bond donors (Lipinski definition) is 1. The van der Waals surface area contributed by atoms with Gasteiger partial charge in [-0.15, -0.1) is 0 Å². The van der Waals surface area contributed by atoms with Crippen molar-refractivity contribution in [3.8, 4) is 5.75 Å². The Morgan fingerprint density at radius 1 is 1.50 bits per heavy atom. The lowest BCUT2D eigenvalue weighted by atomic mass is 10.2. The minimum Gasteiger partial charge on any atom is -0.508 e. The van der Waals surface area contributed by atoms with Crippen LogP contribution >= 0.6 is 15.9 Å². The van der Waals surface area contributed by atoms with E-state index in [1.807, 2.05) is 0 Å². The van der Waals surface area contributed by atoms with Gasteiger partial charge in [-0.2, -0.15) is 0 Å². The zero-order valence-corrected chi connectivity index (χ0v) is 6.94. The number of rotatable bonds is 0. The molecule has 0 saturated carbocycles. The molecule has 54 valence electrons. The van der Waals surface area contributed by atoms with E-state index in [1.54, 1.807) is 6.92 Å². The Bertz CT molecular complexity index is 210. The molecule has 0 aliphatic heterocycles. The van der Waals surface area contributed by atoms with Crippen LogP contribution in [0.3, 0.4) is 0 Å². The van der Waals surface area contributed by atoms with E-state index >= 15 is 0 Å². The number of halogens is 2. The number of phenolic OH excluding ortho intramolecular Hbond substituents is 1. The number of aryl methyl sites for hydroxylation is 1. The SMILES string of the molecule is Cc1cc(Br)c(F)cc1O. The molecular formula is C7H6BrFO. The average Bonchev–Trinajstić information content (AvgIpc) is 1.84. The minimum atomic E-state index is -0.442. The fourth-order valence-electron chi connectivity index (χ4n) is 0.636. The molecule has 1 aromatic rings. The average molecular weight is 205 g/mol. The first kappa shape index (κ1) is 7.54. The monoisotopic (exact) mass is 204 g/mol. The third-order valence-corrected chi connectivity index (χ3v) is 1.85. The van der Waals surface area contributed by atoms with Crippen molar-refractivity contribution in [3.05, 3.63) is 28.0 Å². The molecule has 0 radical (unpaired) electrons. The third kappa shape index (κ3) is 1.29. The molecule has 0 fully saturated rings. The second-order valence-corrected chi connectivity index (χ2v) is 2.91. The van der Waals surface area contributed by atoms with Gasteiger partial charge in [-0.05, 0) is 34.5 Å². The topological polar surface area (TPSA) is 20.2 Å². The first-order chi connectivity index (χ1) is 4.61. The quantitative estimate of drug-likeness (QED) is 0.690. The summed E-state index contributed by atoms with van der Waals surface area (Å²) in [5.74, 6) is -0.455. The predicted octanol–water partition coefficient (Wildman–Crippen LogP) is 2.60. The Labute approximate surface area is 66.6 Å². The molecule has 1 rings (SSSR count). The summed E-state index contributed by atoms with van der Waals surface area (Å²) >= 11 is 2.99. The highest BCUT2D eigenvalue weighted by Gasteiger charge is 2.02. The van der Waals surface area contributed by atoms with Crippen LogP contribution in [-0.4, -0.2) is 5.11 Å². The van der Waals surface area contributed by atoms with E-state index < -0.39 is 5.82 Å². The van der Waals surface area contributed by atoms with Gasteiger partial charge in [0.1, 0.15) is 11.6 Å². The zero-order valence-electron chi connectivity index (χ0n) is 5.36. The van der Waals surface area contributed by atoms with E-state index in [0.717, 1.165) is 6.07 Å². The molecule has 0 aromatic heterocycles. The summed E-state index contributed by atoms with van der Waals surface area (Å²) in [5, 5.41) is 8.96. The van der Waals surface area contributed by atoms with Crippen molar-refractivity contribution >= 4 is 15.9 Å². The lowest BCUT2D eigenvalue weighted by Crippen LogP contribution is -1.79. The molecule has 0 bridgehead atoms. The Morgan fingerprint density at radius 3 is 2.60 bits per heavy atom. The van der Waals surface area contributed by atoms with E-state index in [2.05, 4.69) is 15.9 Å². The Morgan fingerprint density at radius 2 is 2.10 bits per heavy atom. The van der Waals surface area contributed by atoms with Crippen molar-refractivity contribution in [3.63, 3.8) is 0 Å². The zero-order chi connectivity index (χ0) is 7.72. The molecule has 1 N–H and O–H groups in total. The van der Waals surface area contributed by atoms with Crippen LogP contribution in [0.25, 0.3) is 0 Å². The molecule has 0 saturated heterocycles. The molecule has 0 unspecified atom stereocenters. The molecule has 0 atom stereocenters. The highest BCUT2D eigenvalue weighted by atomic mass is 79.9. The number of hydrogen-bond acceptors (Lipinski definition) is 1. The molecule has 0 heterocycles. The summed E-state index contributed by atoms with van der Waals surface area (Å²) < 4.78 is 12.9. The molecule has 0 amide bonds. The fraction of sp³-hybridized carbons (Fsp3) is 0.143. The Hall–Kier alpha value is -0.570. The fourth-order valence-corrected chi connectivity index (χ4v) is 1.09. The maximum Gasteiger partial charge on any atom is 0.141 e. The molecule has 0 aliphatic carbocycles. The van der Waals surface area contributed by atoms with Crippen LogP contribution in [0.15, 0.2) is 16.6 Å². The standard InChI is InChI=1S/C7H6BrFO/c1-4-2-5(8)6(9)3-7(4)10/h2-3,10H,1H3. The van der Waals surface area contributed by atoms with E-state index in [4.69, 9.17) is 5.11 Å². The number of benzene rings is 1. The van der Waals surface area contributed by atoms with Crippen LogP contribution in [0.1, 0.15) is 5.56 Å². The van der Waals surface area contributed by atoms with Gasteiger partial charge in [0.25, 0.3) is 0 Å². The smallest absolute Gasteiger partial charge is 0.141 e. The summed E-state index contributed by atoms with van der Waals surface area (Å²) in [7, 11) is 0. The van der Waals surface area contributed by atoms with E-state index in [9.17, 15) is 4.39 Å². The van der Waals surface area contributed by atoms with Gasteiger partial charge in [-0.25, -0.2) is 4.39 Å². The van der Waals surface area contributed by atoms with Gasteiger partial charge in [0.2, 0.25) is 0 Å². The van der Waals surface area contributed by atoms with Crippen molar-refractivity contribution < 1.29 is 9.50 Å². The van der Waals surface area contributed by atoms with Gasteiger partial charge in [0.15, 0.2) is 0 Å². The summed E-state index contributed by atoms with van der Waals surface area (Å²) in [5.41, 5.74) is 0.660. The minimum absolute atomic E-state index is 0.0132. The second kappa shape index (κ2) is 2.58. The Balaban J connectivity index is 3.28. The molecule has 1 aromatic carbocycles. The van der Waals surface area contributed by atoms with Crippen LogP contribution in [0, 0.1) is 12.7 Å². The van der Waals surface area contributed by atoms with E-state index in [-0.39, 0.29) is 5.75 Å². The van der Waals surface area contributed by atoms with E-state index in [1.165, 1.54) is 6.07 Å². The van der Waals surface area contributed by atoms with Crippen molar-refractivity contribution in [2.24, 2.45) is 0 Å². The first-order valence-electron chi connectivity index (χ1n) is 2.76. The maximum absolute atomic E-state index is 12.6. The van der Waals surface area contributed by atoms with Gasteiger partial charge in [0, 0.05) is 6.07 Å². The lowest BCUT2D eigenvalue weighted by Gasteiger charge is -1.98. The number of phenols is 1. The summed E-state index contributed by atoms with van der Waals surface area (Å²) in [6.45, 7) is 1.71. The second-order valence-electron chi connectivity index (χ2n) is 2.05. The molecule has 0 aliphatic rings. The summed E-state index contributed by atoms with van der Waals surface area (Å²) in [6, 6.07) is 2.62. The number of aromatic hydroxyl groups is 1. The summed E-state index contributed by atoms with van der Waals surface area (Å²) in [6.07, 6.45) is 0.